The molecule has 284 valence electrons. The van der Waals surface area contributed by atoms with Crippen molar-refractivity contribution in [3.8, 4) is 16.9 Å². The minimum absolute atomic E-state index is 0.271. The lowest BCUT2D eigenvalue weighted by atomic mass is 9.83. The summed E-state index contributed by atoms with van der Waals surface area (Å²) < 4.78 is 12.4. The second-order valence-corrected chi connectivity index (χ2v) is 15.4. The molecule has 0 saturated carbocycles. The van der Waals surface area contributed by atoms with E-state index >= 15 is 0 Å². The van der Waals surface area contributed by atoms with E-state index in [0.29, 0.717) is 22.9 Å². The van der Waals surface area contributed by atoms with Crippen LogP contribution >= 0.6 is 11.8 Å². The number of hydrogen-bond donors (Lipinski definition) is 1. The third-order valence-corrected chi connectivity index (χ3v) is 12.2. The van der Waals surface area contributed by atoms with Gasteiger partial charge in [0.25, 0.3) is 0 Å². The largest absolute Gasteiger partial charge is 0.497 e. The van der Waals surface area contributed by atoms with Gasteiger partial charge in [0.1, 0.15) is 5.75 Å². The molecule has 1 aromatic heterocycles. The quantitative estimate of drug-likeness (QED) is 0.0796. The summed E-state index contributed by atoms with van der Waals surface area (Å²) in [6.45, 7) is 4.42. The van der Waals surface area contributed by atoms with E-state index in [1.54, 1.807) is 31.0 Å². The smallest absolute Gasteiger partial charge is 0.361 e. The number of thioether (sulfide) groups is 1. The maximum absolute atomic E-state index is 12.6. The number of rotatable bonds is 11. The average molecular weight is 772 g/mol. The first-order chi connectivity index (χ1) is 27.9. The van der Waals surface area contributed by atoms with Gasteiger partial charge in [-0.15, -0.1) is 4.91 Å². The number of nitrogens with zero attached hydrogens (tertiary/aromatic N) is 2. The number of fused-ring (bicyclic) bond motifs is 3. The number of aromatic carboxylic acids is 1. The van der Waals surface area contributed by atoms with Gasteiger partial charge in [0.15, 0.2) is 0 Å². The molecule has 7 nitrogen and oxygen atoms in total. The maximum atomic E-state index is 12.6. The van der Waals surface area contributed by atoms with E-state index in [2.05, 4.69) is 73.8 Å². The Bertz CT molecular complexity index is 2590. The Kier molecular flexibility index (Phi) is 10.9. The lowest BCUT2D eigenvalue weighted by Gasteiger charge is -2.22. The molecule has 2 heterocycles. The van der Waals surface area contributed by atoms with E-state index in [4.69, 9.17) is 9.15 Å². The molecule has 8 rings (SSSR count). The number of para-hydroxylation sites is 1. The summed E-state index contributed by atoms with van der Waals surface area (Å²) in [5, 5.41) is 16.1. The van der Waals surface area contributed by atoms with Crippen molar-refractivity contribution in [1.82, 2.24) is 0 Å². The van der Waals surface area contributed by atoms with Crippen LogP contribution in [0.5, 0.6) is 5.75 Å². The van der Waals surface area contributed by atoms with Crippen molar-refractivity contribution in [2.75, 3.05) is 12.1 Å². The van der Waals surface area contributed by atoms with E-state index < -0.39 is 5.97 Å². The fourth-order valence-corrected chi connectivity index (χ4v) is 9.18. The first-order valence-corrected chi connectivity index (χ1v) is 20.3. The van der Waals surface area contributed by atoms with Crippen LogP contribution in [0.25, 0.3) is 38.1 Å². The van der Waals surface area contributed by atoms with E-state index in [1.807, 2.05) is 66.7 Å². The number of anilines is 2. The molecule has 57 heavy (non-hydrogen) atoms. The number of carboxylic acids is 1. The van der Waals surface area contributed by atoms with Gasteiger partial charge in [0.05, 0.1) is 45.9 Å². The third kappa shape index (κ3) is 7.41. The molecule has 0 spiro atoms. The van der Waals surface area contributed by atoms with Gasteiger partial charge in [-0.3, -0.25) is 0 Å². The first kappa shape index (κ1) is 37.7. The lowest BCUT2D eigenvalue weighted by molar-refractivity contribution is 0.0697. The van der Waals surface area contributed by atoms with Crippen molar-refractivity contribution in [2.24, 2.45) is 5.29 Å². The van der Waals surface area contributed by atoms with Crippen LogP contribution in [0, 0.1) is 4.91 Å². The van der Waals surface area contributed by atoms with Gasteiger partial charge < -0.3 is 9.84 Å². The number of ether oxygens (including phenoxy) is 1. The second-order valence-electron chi connectivity index (χ2n) is 14.3. The molecule has 1 N–H and O–H groups in total. The highest BCUT2D eigenvalue weighted by molar-refractivity contribution is 8.08. The first-order valence-electron chi connectivity index (χ1n) is 19.4. The van der Waals surface area contributed by atoms with Gasteiger partial charge in [-0.1, -0.05) is 86.3 Å². The number of carbonyl (C=O) groups is 1. The van der Waals surface area contributed by atoms with Crippen LogP contribution in [-0.2, 0) is 6.42 Å². The SMILES string of the molecule is CCC(CC)c1ccc2c(-c3ccccc3C(=O)O)c3c([o+]c2c1)/C(=C/C=C1\C=C(c2ccc(OC)cc2)Sc2ccc(N(N=O)c4ccccc4)cc21)CCC3. The predicted octanol–water partition coefficient (Wildman–Crippen LogP) is 13.8. The minimum Gasteiger partial charge on any atom is -0.497 e. The van der Waals surface area contributed by atoms with Crippen LogP contribution in [0.1, 0.15) is 83.8 Å². The molecular formula is C49H43N2O5S+. The Morgan fingerprint density at radius 2 is 1.65 bits per heavy atom. The van der Waals surface area contributed by atoms with Gasteiger partial charge in [-0.2, -0.15) is 5.01 Å². The Balaban J connectivity index is 1.32. The molecule has 8 heteroatoms. The van der Waals surface area contributed by atoms with E-state index in [-0.39, 0.29) is 5.56 Å². The molecule has 0 amide bonds. The van der Waals surface area contributed by atoms with Crippen LogP contribution in [-0.4, -0.2) is 18.2 Å². The Hall–Kier alpha value is -6.25. The molecule has 0 atom stereocenters. The monoisotopic (exact) mass is 771 g/mol. The van der Waals surface area contributed by atoms with Crippen LogP contribution in [0.2, 0.25) is 0 Å². The number of hydrogen-bond acceptors (Lipinski definition) is 5. The fraction of sp³-hybridized carbons (Fsp3) is 0.184. The number of nitroso groups, excluding NO2 is 1. The molecule has 2 aliphatic rings. The molecule has 0 bridgehead atoms. The fourth-order valence-electron chi connectivity index (χ4n) is 8.08. The summed E-state index contributed by atoms with van der Waals surface area (Å²) in [4.78, 5) is 27.0. The average Bonchev–Trinajstić information content (AvgIpc) is 3.25. The third-order valence-electron chi connectivity index (χ3n) is 11.1. The highest BCUT2D eigenvalue weighted by atomic mass is 32.2. The van der Waals surface area contributed by atoms with Crippen molar-refractivity contribution in [3.63, 3.8) is 0 Å². The zero-order valence-corrected chi connectivity index (χ0v) is 33.0. The van der Waals surface area contributed by atoms with Crippen LogP contribution in [0.3, 0.4) is 0 Å². The van der Waals surface area contributed by atoms with E-state index in [1.165, 1.54) is 10.6 Å². The number of methoxy groups -OCH3 is 1. The van der Waals surface area contributed by atoms with Crippen molar-refractivity contribution in [1.29, 1.82) is 0 Å². The second kappa shape index (κ2) is 16.5. The summed E-state index contributed by atoms with van der Waals surface area (Å²) in [5.41, 5.74) is 10.3. The molecule has 1 aliphatic heterocycles. The molecule has 6 aromatic rings. The van der Waals surface area contributed by atoms with Crippen molar-refractivity contribution >= 4 is 56.1 Å². The standard InChI is InChI=1S/C49H42N2O5S/c1-4-31(5-2)34-22-26-41-44(28-34)56-48-33(12-11-17-42(48)47(41)39-15-9-10-16-40(39)49(52)53)18-19-35-29-46(32-20-24-38(55-3)25-21-32)57-45-27-23-37(30-43(35)45)51(50-54)36-13-7-6-8-14-36/h6-10,13-16,18-31H,4-5,11-12,17H2,1-3H3/p+1/b33-18+,35-19+. The number of allylic oxidation sites excluding steroid dienone is 5. The molecule has 0 saturated heterocycles. The normalized spacial score (nSPS) is 15.0. The van der Waals surface area contributed by atoms with Crippen molar-refractivity contribution < 1.29 is 19.1 Å². The molecule has 0 radical (unpaired) electrons. The van der Waals surface area contributed by atoms with Gasteiger partial charge in [0, 0.05) is 21.4 Å². The Morgan fingerprint density at radius 1 is 0.877 bits per heavy atom. The van der Waals surface area contributed by atoms with Gasteiger partial charge in [-0.25, -0.2) is 9.21 Å². The zero-order valence-electron chi connectivity index (χ0n) is 32.2. The van der Waals surface area contributed by atoms with E-state index in [9.17, 15) is 14.8 Å². The highest BCUT2D eigenvalue weighted by Gasteiger charge is 2.33. The van der Waals surface area contributed by atoms with Crippen molar-refractivity contribution in [3.05, 3.63) is 172 Å². The van der Waals surface area contributed by atoms with Gasteiger partial charge in [-0.05, 0) is 133 Å². The number of benzene rings is 5. The highest BCUT2D eigenvalue weighted by Crippen LogP contribution is 2.48. The minimum atomic E-state index is -0.957. The summed E-state index contributed by atoms with van der Waals surface area (Å²) in [7, 11) is 1.66. The summed E-state index contributed by atoms with van der Waals surface area (Å²) in [6, 6.07) is 37.2. The molecule has 0 fully saturated rings. The molecular weight excluding hydrogens is 729 g/mol. The van der Waals surface area contributed by atoms with Gasteiger partial charge in [0.2, 0.25) is 0 Å². The summed E-state index contributed by atoms with van der Waals surface area (Å²) >= 11 is 1.68. The predicted molar refractivity (Wildman–Crippen MR) is 233 cm³/mol. The van der Waals surface area contributed by atoms with Crippen molar-refractivity contribution in [2.45, 2.75) is 56.8 Å². The van der Waals surface area contributed by atoms with Crippen LogP contribution < -0.4 is 9.75 Å². The molecule has 5 aromatic carbocycles. The summed E-state index contributed by atoms with van der Waals surface area (Å²) in [6.07, 6.45) is 11.0. The van der Waals surface area contributed by atoms with Gasteiger partial charge >= 0.3 is 17.3 Å². The lowest BCUT2D eigenvalue weighted by Crippen LogP contribution is -2.08. The Morgan fingerprint density at radius 3 is 2.39 bits per heavy atom. The Labute approximate surface area is 337 Å². The maximum Gasteiger partial charge on any atom is 0.361 e. The topological polar surface area (TPSA) is 90.5 Å². The molecule has 0 unspecified atom stereocenters. The van der Waals surface area contributed by atoms with E-state index in [0.717, 1.165) is 97.8 Å². The summed E-state index contributed by atoms with van der Waals surface area (Å²) in [5.74, 6) is 1.02. The zero-order chi connectivity index (χ0) is 39.5. The van der Waals surface area contributed by atoms with Crippen LogP contribution in [0.15, 0.2) is 148 Å². The number of carboxylic acid groups (broad SMARTS) is 1. The molecule has 1 aliphatic carbocycles. The van der Waals surface area contributed by atoms with Crippen LogP contribution in [0.4, 0.5) is 11.4 Å².